The summed E-state index contributed by atoms with van der Waals surface area (Å²) in [5.74, 6) is -1.09. The number of amides is 3. The molecule has 12 heteroatoms. The van der Waals surface area contributed by atoms with Gasteiger partial charge in [0.1, 0.15) is 18.2 Å². The highest BCUT2D eigenvalue weighted by molar-refractivity contribution is 6.29. The third kappa shape index (κ3) is 16.5. The molecule has 0 radical (unpaired) electrons. The molecule has 0 aromatic heterocycles. The molecule has 0 aromatic rings. The first-order chi connectivity index (χ1) is 21.7. The number of alkyl carbamates (subject to hydrolysis) is 1. The number of carbonyl (C=O) groups is 4. The molecule has 0 bridgehead atoms. The summed E-state index contributed by atoms with van der Waals surface area (Å²) in [6, 6.07) is -0.825. The largest absolute Gasteiger partial charge is 0.490 e. The van der Waals surface area contributed by atoms with Crippen molar-refractivity contribution in [1.82, 2.24) is 16.0 Å². The van der Waals surface area contributed by atoms with Gasteiger partial charge in [0, 0.05) is 42.8 Å². The van der Waals surface area contributed by atoms with Crippen LogP contribution < -0.4 is 21.7 Å². The van der Waals surface area contributed by atoms with Crippen molar-refractivity contribution in [3.8, 4) is 0 Å². The van der Waals surface area contributed by atoms with Gasteiger partial charge < -0.3 is 35.9 Å². The lowest BCUT2D eigenvalue weighted by Gasteiger charge is -2.29. The van der Waals surface area contributed by atoms with Crippen LogP contribution in [0.1, 0.15) is 67.2 Å². The molecule has 3 amide bonds. The summed E-state index contributed by atoms with van der Waals surface area (Å²) in [5.41, 5.74) is 5.81. The first-order valence-corrected chi connectivity index (χ1v) is 15.8. The predicted octanol–water partition coefficient (Wildman–Crippen LogP) is 5.05. The van der Waals surface area contributed by atoms with Crippen LogP contribution in [0.4, 0.5) is 4.79 Å². The number of hydrogen-bond acceptors (Lipinski definition) is 8. The Hall–Kier alpha value is -3.83. The highest BCUT2D eigenvalue weighted by Gasteiger charge is 2.32. The lowest BCUT2D eigenvalue weighted by molar-refractivity contribution is -0.151. The van der Waals surface area contributed by atoms with Gasteiger partial charge >= 0.3 is 12.1 Å². The van der Waals surface area contributed by atoms with Crippen molar-refractivity contribution in [2.45, 2.75) is 85.5 Å². The molecule has 0 saturated heterocycles. The number of hydrogen-bond donors (Lipinski definition) is 4. The van der Waals surface area contributed by atoms with Gasteiger partial charge in [-0.2, -0.15) is 0 Å². The minimum atomic E-state index is -0.825. The van der Waals surface area contributed by atoms with E-state index in [0.717, 1.165) is 5.57 Å². The Morgan fingerprint density at radius 2 is 1.87 bits per heavy atom. The van der Waals surface area contributed by atoms with E-state index in [9.17, 15) is 19.2 Å². The number of nitrogens with two attached hydrogens (primary N) is 1. The van der Waals surface area contributed by atoms with Gasteiger partial charge in [0.05, 0.1) is 7.11 Å². The Morgan fingerprint density at radius 3 is 2.48 bits per heavy atom. The van der Waals surface area contributed by atoms with Gasteiger partial charge in [0.25, 0.3) is 0 Å². The Balaban J connectivity index is 2.72. The van der Waals surface area contributed by atoms with Crippen LogP contribution in [-0.4, -0.2) is 62.3 Å². The fraction of sp³-hybridized carbons (Fsp3) is 0.529. The van der Waals surface area contributed by atoms with Crippen LogP contribution in [-0.2, 0) is 28.6 Å². The third-order valence-electron chi connectivity index (χ3n) is 6.79. The lowest BCUT2D eigenvalue weighted by atomic mass is 9.86. The fourth-order valence-corrected chi connectivity index (χ4v) is 4.34. The van der Waals surface area contributed by atoms with Crippen molar-refractivity contribution < 1.29 is 33.4 Å². The summed E-state index contributed by atoms with van der Waals surface area (Å²) in [6.45, 7) is 12.0. The number of esters is 1. The van der Waals surface area contributed by atoms with Crippen molar-refractivity contribution >= 4 is 35.5 Å². The molecule has 0 aromatic carbocycles. The van der Waals surface area contributed by atoms with Crippen molar-refractivity contribution in [2.24, 2.45) is 17.1 Å². The average Bonchev–Trinajstić information content (AvgIpc) is 2.98. The number of cyclic esters (lactones) is 1. The smallest absolute Gasteiger partial charge is 0.407 e. The van der Waals surface area contributed by atoms with Crippen LogP contribution in [0.3, 0.4) is 0 Å². The Bertz CT molecular complexity index is 1210. The van der Waals surface area contributed by atoms with E-state index in [1.54, 1.807) is 37.3 Å². The van der Waals surface area contributed by atoms with Gasteiger partial charge in [-0.15, -0.1) is 0 Å². The van der Waals surface area contributed by atoms with Crippen LogP contribution >= 0.6 is 11.6 Å². The van der Waals surface area contributed by atoms with Gasteiger partial charge in [-0.3, -0.25) is 9.59 Å². The topological polar surface area (TPSA) is 158 Å². The zero-order valence-electron chi connectivity index (χ0n) is 28.1. The van der Waals surface area contributed by atoms with Gasteiger partial charge in [-0.05, 0) is 44.5 Å². The van der Waals surface area contributed by atoms with Crippen LogP contribution in [0.15, 0.2) is 71.2 Å². The molecule has 5 N–H and O–H groups in total. The van der Waals surface area contributed by atoms with Gasteiger partial charge in [-0.25, -0.2) is 9.59 Å². The Labute approximate surface area is 278 Å². The van der Waals surface area contributed by atoms with Gasteiger partial charge in [0.2, 0.25) is 11.8 Å². The van der Waals surface area contributed by atoms with E-state index in [-0.39, 0.29) is 17.8 Å². The minimum Gasteiger partial charge on any atom is -0.490 e. The summed E-state index contributed by atoms with van der Waals surface area (Å²) in [5, 5.41) is 8.71. The summed E-state index contributed by atoms with van der Waals surface area (Å²) < 4.78 is 15.9. The molecule has 0 aliphatic carbocycles. The van der Waals surface area contributed by atoms with E-state index >= 15 is 0 Å². The molecule has 46 heavy (non-hydrogen) atoms. The van der Waals surface area contributed by atoms with E-state index in [4.69, 9.17) is 31.5 Å². The molecule has 256 valence electrons. The molecule has 0 unspecified atom stereocenters. The van der Waals surface area contributed by atoms with Crippen molar-refractivity contribution in [1.29, 1.82) is 0 Å². The SMILES string of the molecule is COC1=CC[C@@H]([C@@H](C)/C=C(C)/C=C\C=C/C(=O)N[C@H](C(=O)N/C=C\C[C@H](C/C=C(\C)Cl)OC(=O)NCCCN)C(C)(C)C)OC1=O. The maximum atomic E-state index is 13.0. The number of ether oxygens (including phenoxy) is 3. The van der Waals surface area contributed by atoms with Crippen LogP contribution in [0.5, 0.6) is 0 Å². The zero-order chi connectivity index (χ0) is 34.7. The summed E-state index contributed by atoms with van der Waals surface area (Å²) in [4.78, 5) is 49.7. The average molecular weight is 663 g/mol. The van der Waals surface area contributed by atoms with Gasteiger partial charge in [0.15, 0.2) is 5.76 Å². The molecule has 1 aliphatic heterocycles. The Morgan fingerprint density at radius 1 is 1.17 bits per heavy atom. The molecule has 4 atom stereocenters. The summed E-state index contributed by atoms with van der Waals surface area (Å²) in [7, 11) is 1.44. The molecule has 1 aliphatic rings. The second-order valence-corrected chi connectivity index (χ2v) is 12.6. The summed E-state index contributed by atoms with van der Waals surface area (Å²) >= 11 is 5.95. The molecule has 11 nitrogen and oxygen atoms in total. The second kappa shape index (κ2) is 21.1. The molecule has 0 spiro atoms. The zero-order valence-corrected chi connectivity index (χ0v) is 28.8. The standard InChI is InChI=1S/C34H51ClN4O7/c1-23(22-24(2)27-17-18-28(44-7)32(42)46-27)12-8-9-14-29(40)39-30(34(4,5)6)31(41)37-20-10-13-26(16-15-25(3)35)45-33(43)38-21-11-19-36/h8-10,12,14-15,18,20,22,24,26-27,30H,11,13,16-17,19,21,36H2,1-7H3,(H,37,41)(H,38,43)(H,39,40)/b12-8-,14-9-,20-10-,23-22+,25-15+/t24-,26+,27-,30+/m0/s1. The molecular weight excluding hydrogens is 612 g/mol. The van der Waals surface area contributed by atoms with E-state index < -0.39 is 41.4 Å². The quantitative estimate of drug-likeness (QED) is 0.0729. The van der Waals surface area contributed by atoms with E-state index in [0.29, 0.717) is 43.8 Å². The maximum absolute atomic E-state index is 13.0. The van der Waals surface area contributed by atoms with E-state index in [2.05, 4.69) is 16.0 Å². The molecule has 1 rings (SSSR count). The van der Waals surface area contributed by atoms with Crippen LogP contribution in [0, 0.1) is 11.3 Å². The fourth-order valence-electron chi connectivity index (χ4n) is 4.25. The lowest BCUT2D eigenvalue weighted by Crippen LogP contribution is -2.52. The van der Waals surface area contributed by atoms with Crippen LogP contribution in [0.25, 0.3) is 0 Å². The number of nitrogens with one attached hydrogen (secondary N) is 3. The number of carbonyl (C=O) groups excluding carboxylic acids is 4. The summed E-state index contributed by atoms with van der Waals surface area (Å²) in [6.07, 6.45) is 15.7. The first kappa shape index (κ1) is 40.2. The van der Waals surface area contributed by atoms with Crippen molar-refractivity contribution in [2.75, 3.05) is 20.2 Å². The molecular formula is C34H51ClN4O7. The maximum Gasteiger partial charge on any atom is 0.407 e. The molecule has 0 saturated carbocycles. The minimum absolute atomic E-state index is 0.0216. The molecule has 0 fully saturated rings. The number of halogens is 1. The van der Waals surface area contributed by atoms with Crippen molar-refractivity contribution in [3.63, 3.8) is 0 Å². The van der Waals surface area contributed by atoms with E-state index in [1.165, 1.54) is 19.4 Å². The highest BCUT2D eigenvalue weighted by atomic mass is 35.5. The monoisotopic (exact) mass is 662 g/mol. The van der Waals surface area contributed by atoms with E-state index in [1.807, 2.05) is 46.8 Å². The Kier molecular flexibility index (Phi) is 18.4. The predicted molar refractivity (Wildman–Crippen MR) is 180 cm³/mol. The number of methoxy groups -OCH3 is 1. The normalized spacial score (nSPS) is 18.2. The highest BCUT2D eigenvalue weighted by Crippen LogP contribution is 2.23. The number of allylic oxidation sites excluding steroid dienone is 5. The number of rotatable bonds is 17. The van der Waals surface area contributed by atoms with Crippen molar-refractivity contribution in [3.05, 3.63) is 71.2 Å². The van der Waals surface area contributed by atoms with Gasteiger partial charge in [-0.1, -0.05) is 81.3 Å². The first-order valence-electron chi connectivity index (χ1n) is 15.4. The molecule has 1 heterocycles. The second-order valence-electron chi connectivity index (χ2n) is 12.0. The van der Waals surface area contributed by atoms with Crippen LogP contribution in [0.2, 0.25) is 0 Å². The third-order valence-corrected chi connectivity index (χ3v) is 6.94.